The Morgan fingerprint density at radius 3 is 1.12 bits per heavy atom. The summed E-state index contributed by atoms with van der Waals surface area (Å²) in [5, 5.41) is 0. The van der Waals surface area contributed by atoms with E-state index in [1.807, 2.05) is 0 Å². The van der Waals surface area contributed by atoms with Crippen molar-refractivity contribution in [3.8, 4) is 0 Å². The molecule has 2 aliphatic rings. The maximum Gasteiger partial charge on any atom is 3.00 e. The van der Waals surface area contributed by atoms with Crippen molar-refractivity contribution in [2.75, 3.05) is 0 Å². The van der Waals surface area contributed by atoms with E-state index in [9.17, 15) is 17.3 Å². The van der Waals surface area contributed by atoms with E-state index in [0.717, 1.165) is 0 Å². The van der Waals surface area contributed by atoms with Crippen LogP contribution in [0.4, 0.5) is 17.3 Å². The average molecular weight is 390 g/mol. The molecule has 0 aromatic heterocycles. The average Bonchev–Trinajstić information content (AvgIpc) is 2.55. The van der Waals surface area contributed by atoms with Crippen LogP contribution in [0.1, 0.15) is 66.7 Å². The number of halogens is 4. The third-order valence-corrected chi connectivity index (χ3v) is 4.33. The number of hydrogen-bond acceptors (Lipinski definition) is 0. The van der Waals surface area contributed by atoms with E-state index in [2.05, 4.69) is 53.9 Å². The Morgan fingerprint density at radius 1 is 0.625 bits per heavy atom. The summed E-state index contributed by atoms with van der Waals surface area (Å²) in [6.45, 7) is 11.0. The zero-order valence-electron chi connectivity index (χ0n) is 15.2. The molecule has 0 bridgehead atoms. The molecule has 0 heterocycles. The molecule has 0 aromatic rings. The Bertz CT molecular complexity index is 224. The van der Waals surface area contributed by atoms with Crippen LogP contribution in [0.5, 0.6) is 0 Å². The molecule has 2 aliphatic carbocycles. The van der Waals surface area contributed by atoms with E-state index in [0.29, 0.717) is 0 Å². The fourth-order valence-corrected chi connectivity index (χ4v) is 2.40. The Balaban J connectivity index is 0. The molecule has 0 atom stereocenters. The Labute approximate surface area is 157 Å². The molecule has 24 heavy (non-hydrogen) atoms. The van der Waals surface area contributed by atoms with Gasteiger partial charge in [-0.05, 0) is 61.7 Å². The van der Waals surface area contributed by atoms with Crippen LogP contribution in [0.15, 0.2) is 0 Å². The molecule has 6 heteroatoms. The molecule has 0 saturated heterocycles. The van der Waals surface area contributed by atoms with E-state index >= 15 is 0 Å². The first-order chi connectivity index (χ1) is 10.6. The SMILES string of the molecule is C[C]1[C](C)[C](C)[C](C)[C]1C.F[B-](F)(F)F.[CH]1[CH]CCCCC[CH]1.[Co+3]. The topological polar surface area (TPSA) is 0 Å². The van der Waals surface area contributed by atoms with Gasteiger partial charge in [-0.25, -0.2) is 0 Å². The summed E-state index contributed by atoms with van der Waals surface area (Å²) >= 11 is 0. The van der Waals surface area contributed by atoms with Crippen molar-refractivity contribution in [1.82, 2.24) is 0 Å². The van der Waals surface area contributed by atoms with Crippen LogP contribution >= 0.6 is 0 Å². The molecular weight excluding hydrogens is 362 g/mol. The van der Waals surface area contributed by atoms with Crippen LogP contribution in [0.25, 0.3) is 0 Å². The second-order valence-electron chi connectivity index (χ2n) is 5.92. The second-order valence-corrected chi connectivity index (χ2v) is 5.92. The zero-order valence-corrected chi connectivity index (χ0v) is 16.2. The predicted molar refractivity (Wildman–Crippen MR) is 90.8 cm³/mol. The summed E-state index contributed by atoms with van der Waals surface area (Å²) in [6.07, 6.45) is 13.5. The summed E-state index contributed by atoms with van der Waals surface area (Å²) in [4.78, 5) is 0. The van der Waals surface area contributed by atoms with Gasteiger partial charge in [-0.1, -0.05) is 53.9 Å². The van der Waals surface area contributed by atoms with Crippen molar-refractivity contribution in [2.24, 2.45) is 0 Å². The Kier molecular flexibility index (Phi) is 14.9. The molecule has 0 spiro atoms. The van der Waals surface area contributed by atoms with E-state index in [4.69, 9.17) is 0 Å². The van der Waals surface area contributed by atoms with Crippen molar-refractivity contribution in [2.45, 2.75) is 66.7 Å². The van der Waals surface area contributed by atoms with Crippen molar-refractivity contribution in [3.63, 3.8) is 0 Å². The van der Waals surface area contributed by atoms with Gasteiger partial charge in [0.25, 0.3) is 0 Å². The van der Waals surface area contributed by atoms with Crippen LogP contribution in [0.2, 0.25) is 0 Å². The van der Waals surface area contributed by atoms with Crippen molar-refractivity contribution >= 4 is 7.25 Å². The minimum atomic E-state index is -6.00. The quantitative estimate of drug-likeness (QED) is 0.314. The van der Waals surface area contributed by atoms with Gasteiger partial charge in [0.05, 0.1) is 0 Å². The van der Waals surface area contributed by atoms with E-state index in [1.165, 1.54) is 61.7 Å². The van der Waals surface area contributed by atoms with Crippen molar-refractivity contribution in [3.05, 3.63) is 48.9 Å². The van der Waals surface area contributed by atoms with Crippen molar-refractivity contribution in [1.29, 1.82) is 0 Å². The predicted octanol–water partition coefficient (Wildman–Crippen LogP) is 6.83. The van der Waals surface area contributed by atoms with E-state index in [1.54, 1.807) is 0 Å². The first-order valence-electron chi connectivity index (χ1n) is 8.11. The zero-order chi connectivity index (χ0) is 18.0. The van der Waals surface area contributed by atoms with Crippen LogP contribution in [0.3, 0.4) is 0 Å². The molecule has 0 amide bonds. The molecular formula is C18H28BCoF4+2. The summed E-state index contributed by atoms with van der Waals surface area (Å²) in [5.74, 6) is 7.34. The van der Waals surface area contributed by atoms with Gasteiger partial charge in [0.15, 0.2) is 0 Å². The van der Waals surface area contributed by atoms with Gasteiger partial charge in [0.2, 0.25) is 0 Å². The summed E-state index contributed by atoms with van der Waals surface area (Å²) in [7, 11) is -6.00. The van der Waals surface area contributed by atoms with Gasteiger partial charge in [-0.2, -0.15) is 0 Å². The molecule has 0 nitrogen and oxygen atoms in total. The van der Waals surface area contributed by atoms with E-state index in [-0.39, 0.29) is 16.8 Å². The smallest absolute Gasteiger partial charge is 0.418 e. The number of hydrogen-bond donors (Lipinski definition) is 0. The van der Waals surface area contributed by atoms with Crippen LogP contribution in [-0.4, -0.2) is 7.25 Å². The largest absolute Gasteiger partial charge is 3.00 e. The van der Waals surface area contributed by atoms with Crippen molar-refractivity contribution < 1.29 is 34.0 Å². The molecule has 0 unspecified atom stereocenters. The van der Waals surface area contributed by atoms with Gasteiger partial charge in [0.1, 0.15) is 0 Å². The monoisotopic (exact) mass is 390 g/mol. The molecule has 8 radical (unpaired) electrons. The maximum absolute atomic E-state index is 9.75. The summed E-state index contributed by atoms with van der Waals surface area (Å²) in [5.41, 5.74) is 0. The minimum Gasteiger partial charge on any atom is -0.418 e. The van der Waals surface area contributed by atoms with E-state index < -0.39 is 7.25 Å². The molecule has 0 N–H and O–H groups in total. The second kappa shape index (κ2) is 13.5. The van der Waals surface area contributed by atoms with Gasteiger partial charge in [0, 0.05) is 0 Å². The molecule has 2 rings (SSSR count). The molecule has 0 aromatic carbocycles. The maximum atomic E-state index is 9.75. The van der Waals surface area contributed by atoms with Gasteiger partial charge < -0.3 is 17.3 Å². The molecule has 138 valence electrons. The van der Waals surface area contributed by atoms with Gasteiger partial charge in [-0.15, -0.1) is 0 Å². The number of rotatable bonds is 0. The standard InChI is InChI=1S/C10H15.C8H13.BF4.Co/c1-6-7(2)9(4)10(5)8(6)3;1-2-4-6-8-7-5-3-1;2-1(3,4)5;/h1-5H3;1-3H,4-8H2;;/q;;-1;+3. The molecule has 0 aliphatic heterocycles. The van der Waals surface area contributed by atoms with Crippen LogP contribution < -0.4 is 0 Å². The summed E-state index contributed by atoms with van der Waals surface area (Å²) < 4.78 is 39.0. The fraction of sp³-hybridized carbons (Fsp3) is 0.556. The minimum absolute atomic E-state index is 0. The third-order valence-electron chi connectivity index (χ3n) is 4.33. The van der Waals surface area contributed by atoms with Gasteiger partial charge >= 0.3 is 24.0 Å². The molecule has 2 saturated carbocycles. The first-order valence-corrected chi connectivity index (χ1v) is 8.11. The summed E-state index contributed by atoms with van der Waals surface area (Å²) in [6, 6.07) is 0. The molecule has 2 fully saturated rings. The third kappa shape index (κ3) is 12.6. The normalized spacial score (nSPS) is 22.4. The first kappa shape index (κ1) is 26.5. The van der Waals surface area contributed by atoms with Crippen LogP contribution in [0, 0.1) is 48.9 Å². The van der Waals surface area contributed by atoms with Gasteiger partial charge in [-0.3, -0.25) is 0 Å². The fourth-order valence-electron chi connectivity index (χ4n) is 2.40. The van der Waals surface area contributed by atoms with Crippen LogP contribution in [-0.2, 0) is 16.8 Å². The Morgan fingerprint density at radius 2 is 0.875 bits per heavy atom. The Hall–Kier alpha value is 0.291.